The fourth-order valence-electron chi connectivity index (χ4n) is 8.34. The quantitative estimate of drug-likeness (QED) is 0.182. The molecule has 0 N–H and O–H groups in total. The minimum atomic E-state index is -0.535. The highest BCUT2D eigenvalue weighted by atomic mass is 15.3. The van der Waals surface area contributed by atoms with Gasteiger partial charge in [0.2, 0.25) is 5.95 Å². The van der Waals surface area contributed by atoms with Crippen molar-refractivity contribution in [3.8, 4) is 39.6 Å². The number of benzene rings is 9. The van der Waals surface area contributed by atoms with Gasteiger partial charge in [0, 0.05) is 43.9 Å². The fourth-order valence-corrected chi connectivity index (χ4v) is 8.34. The molecule has 0 saturated heterocycles. The summed E-state index contributed by atoms with van der Waals surface area (Å²) in [6.45, 7) is 0. The number of hydrogen-bond acceptors (Lipinski definition) is 4. The Morgan fingerprint density at radius 2 is 1.20 bits per heavy atom. The number of anilines is 3. The lowest BCUT2D eigenvalue weighted by Gasteiger charge is -2.33. The summed E-state index contributed by atoms with van der Waals surface area (Å²) in [4.78, 5) is 17.4. The van der Waals surface area contributed by atoms with E-state index in [9.17, 15) is 2.74 Å². The van der Waals surface area contributed by atoms with Gasteiger partial charge in [-0.2, -0.15) is 9.97 Å². The fraction of sp³-hybridized carbons (Fsp3) is 0. The second-order valence-corrected chi connectivity index (χ2v) is 13.9. The molecule has 0 saturated carbocycles. The lowest BCUT2D eigenvalue weighted by molar-refractivity contribution is 1.03. The molecule has 3 heterocycles. The van der Waals surface area contributed by atoms with Crippen LogP contribution in [-0.4, -0.2) is 19.5 Å². The van der Waals surface area contributed by atoms with E-state index in [1.807, 2.05) is 77.7 Å². The molecule has 11 aromatic rings. The molecule has 56 heavy (non-hydrogen) atoms. The van der Waals surface area contributed by atoms with Crippen molar-refractivity contribution in [3.05, 3.63) is 188 Å². The summed E-state index contributed by atoms with van der Waals surface area (Å²) in [5.74, 6) is 0.385. The van der Waals surface area contributed by atoms with Crippen molar-refractivity contribution in [1.29, 1.82) is 0 Å². The third-order valence-corrected chi connectivity index (χ3v) is 10.8. The summed E-state index contributed by atoms with van der Waals surface area (Å²) >= 11 is 0. The van der Waals surface area contributed by atoms with Crippen molar-refractivity contribution in [2.24, 2.45) is 0 Å². The predicted molar refractivity (Wildman–Crippen MR) is 231 cm³/mol. The Hall–Kier alpha value is -7.63. The van der Waals surface area contributed by atoms with Crippen LogP contribution in [0.2, 0.25) is 0 Å². The third-order valence-electron chi connectivity index (χ3n) is 10.8. The number of hydrogen-bond donors (Lipinski definition) is 0. The first-order valence-electron chi connectivity index (χ1n) is 21.9. The Balaban J connectivity index is 1.19. The van der Waals surface area contributed by atoms with Gasteiger partial charge in [0.1, 0.15) is 0 Å². The number of aromatic nitrogens is 4. The molecule has 0 radical (unpaired) electrons. The molecule has 9 aromatic carbocycles. The van der Waals surface area contributed by atoms with Crippen molar-refractivity contribution in [2.45, 2.75) is 0 Å². The molecule has 0 atom stereocenters. The molecule has 0 aliphatic carbocycles. The van der Waals surface area contributed by atoms with Crippen LogP contribution in [0, 0.1) is 0 Å². The highest BCUT2D eigenvalue weighted by Gasteiger charge is 2.30. The molecule has 260 valence electrons. The summed E-state index contributed by atoms with van der Waals surface area (Å²) in [7, 11) is 0. The van der Waals surface area contributed by atoms with Crippen molar-refractivity contribution in [3.63, 3.8) is 0 Å². The topological polar surface area (TPSA) is 46.8 Å². The predicted octanol–water partition coefficient (Wildman–Crippen LogP) is 13.2. The molecule has 0 unspecified atom stereocenters. The standard InChI is InChI=1S/C51H31N5/c1-2-17-38(18-3-1)55-44-22-9-8-20-40(44)43-31-37(27-29-45(43)55)50-52-49(36-25-24-32-12-4-5-14-35(32)30-36)53-51(54-50)56-46-23-11-16-34-15-10-21-41(47(34)46)42-28-26-33-13-6-7-19-39(33)48(42)56/h1-31H/i4D,5D,12D,14D,24D,25D,30D. The van der Waals surface area contributed by atoms with E-state index in [0.717, 1.165) is 71.5 Å². The summed E-state index contributed by atoms with van der Waals surface area (Å²) in [6.07, 6.45) is 0. The van der Waals surface area contributed by atoms with Crippen LogP contribution in [0.4, 0.5) is 17.3 Å². The van der Waals surface area contributed by atoms with Crippen LogP contribution in [0.25, 0.3) is 93.7 Å². The number of nitrogens with zero attached hydrogens (tertiary/aromatic N) is 5. The Bertz CT molecular complexity index is 3790. The second kappa shape index (κ2) is 11.9. The average molecular weight is 721 g/mol. The lowest BCUT2D eigenvalue weighted by atomic mass is 9.89. The van der Waals surface area contributed by atoms with Crippen LogP contribution < -0.4 is 4.90 Å². The SMILES string of the molecule is [2H]c1c([2H])c([2H])c2c([2H])c(-c3nc(-c4ccc5c(c4)c4ccccc4n5-c4ccccc4)nc(N4c5c(ccc6ccccc56)-c5cccc6cccc4c56)n3)c([2H])c([2H])c2c1[2H]. The molecular weight excluding hydrogens is 683 g/mol. The highest BCUT2D eigenvalue weighted by Crippen LogP contribution is 2.53. The van der Waals surface area contributed by atoms with Crippen LogP contribution in [-0.2, 0) is 0 Å². The molecule has 5 nitrogen and oxygen atoms in total. The Labute approximate surface area is 332 Å². The third kappa shape index (κ3) is 4.58. The molecule has 0 fully saturated rings. The van der Waals surface area contributed by atoms with Gasteiger partial charge in [-0.15, -0.1) is 0 Å². The van der Waals surface area contributed by atoms with E-state index in [-0.39, 0.29) is 40.0 Å². The minimum Gasteiger partial charge on any atom is -0.309 e. The van der Waals surface area contributed by atoms with Gasteiger partial charge in [-0.3, -0.25) is 4.90 Å². The smallest absolute Gasteiger partial charge is 0.238 e. The number of para-hydroxylation sites is 2. The van der Waals surface area contributed by atoms with E-state index in [2.05, 4.69) is 77.4 Å². The number of rotatable bonds is 4. The van der Waals surface area contributed by atoms with Crippen LogP contribution >= 0.6 is 0 Å². The Morgan fingerprint density at radius 3 is 2.09 bits per heavy atom. The van der Waals surface area contributed by atoms with Crippen molar-refractivity contribution < 1.29 is 9.60 Å². The van der Waals surface area contributed by atoms with Gasteiger partial charge in [-0.25, -0.2) is 4.98 Å². The first-order chi connectivity index (χ1) is 30.7. The molecule has 1 aliphatic heterocycles. The monoisotopic (exact) mass is 720 g/mol. The maximum absolute atomic E-state index is 9.54. The van der Waals surface area contributed by atoms with Gasteiger partial charge in [0.05, 0.1) is 32.0 Å². The molecule has 12 rings (SSSR count). The highest BCUT2D eigenvalue weighted by molar-refractivity contribution is 6.18. The van der Waals surface area contributed by atoms with Gasteiger partial charge in [-0.05, 0) is 75.6 Å². The maximum atomic E-state index is 9.54. The van der Waals surface area contributed by atoms with E-state index >= 15 is 0 Å². The van der Waals surface area contributed by atoms with E-state index in [1.54, 1.807) is 0 Å². The van der Waals surface area contributed by atoms with Crippen molar-refractivity contribution in [1.82, 2.24) is 19.5 Å². The zero-order valence-corrected chi connectivity index (χ0v) is 29.6. The molecular formula is C51H31N5. The van der Waals surface area contributed by atoms with Gasteiger partial charge >= 0.3 is 0 Å². The van der Waals surface area contributed by atoms with E-state index in [0.29, 0.717) is 5.56 Å². The van der Waals surface area contributed by atoms with E-state index in [1.165, 1.54) is 0 Å². The summed E-state index contributed by atoms with van der Waals surface area (Å²) < 4.78 is 64.5. The van der Waals surface area contributed by atoms with Crippen LogP contribution in [0.15, 0.2) is 188 Å². The van der Waals surface area contributed by atoms with Gasteiger partial charge in [0.15, 0.2) is 11.6 Å². The zero-order valence-electron chi connectivity index (χ0n) is 36.6. The van der Waals surface area contributed by atoms with Crippen LogP contribution in [0.3, 0.4) is 0 Å². The number of fused-ring (bicyclic) bond motifs is 8. The van der Waals surface area contributed by atoms with Gasteiger partial charge in [0.25, 0.3) is 0 Å². The average Bonchev–Trinajstić information content (AvgIpc) is 3.65. The first kappa shape index (κ1) is 24.6. The van der Waals surface area contributed by atoms with Gasteiger partial charge in [-0.1, -0.05) is 139 Å². The van der Waals surface area contributed by atoms with Gasteiger partial charge < -0.3 is 4.57 Å². The molecule has 0 amide bonds. The summed E-state index contributed by atoms with van der Waals surface area (Å²) in [6, 6.07) is 45.8. The van der Waals surface area contributed by atoms with E-state index < -0.39 is 36.3 Å². The Morgan fingerprint density at radius 1 is 0.464 bits per heavy atom. The zero-order chi connectivity index (χ0) is 42.8. The van der Waals surface area contributed by atoms with E-state index in [4.69, 9.17) is 21.8 Å². The molecule has 0 spiro atoms. The molecule has 5 heteroatoms. The maximum Gasteiger partial charge on any atom is 0.238 e. The summed E-state index contributed by atoms with van der Waals surface area (Å²) in [5.41, 5.74) is 7.20. The second-order valence-electron chi connectivity index (χ2n) is 13.9. The Kier molecular flexibility index (Phi) is 5.25. The largest absolute Gasteiger partial charge is 0.309 e. The van der Waals surface area contributed by atoms with Crippen LogP contribution in [0.1, 0.15) is 9.60 Å². The lowest BCUT2D eigenvalue weighted by Crippen LogP contribution is -2.19. The molecule has 0 bridgehead atoms. The normalized spacial score (nSPS) is 14.0. The first-order valence-corrected chi connectivity index (χ1v) is 18.4. The molecule has 1 aliphatic rings. The molecule has 2 aromatic heterocycles. The van der Waals surface area contributed by atoms with Crippen LogP contribution in [0.5, 0.6) is 0 Å². The summed E-state index contributed by atoms with van der Waals surface area (Å²) in [5, 5.41) is 5.59. The van der Waals surface area contributed by atoms with Crippen molar-refractivity contribution in [2.75, 3.05) is 4.90 Å². The minimum absolute atomic E-state index is 0.0764. The van der Waals surface area contributed by atoms with Crippen molar-refractivity contribution >= 4 is 71.4 Å².